The molecule has 0 spiro atoms. The highest BCUT2D eigenvalue weighted by Gasteiger charge is 2.21. The molecule has 10 rings (SSSR count). The first kappa shape index (κ1) is 25.9. The average molecular weight is 603 g/mol. The lowest BCUT2D eigenvalue weighted by Crippen LogP contribution is -1.98. The van der Waals surface area contributed by atoms with Gasteiger partial charge in [-0.25, -0.2) is 4.98 Å². The van der Waals surface area contributed by atoms with Gasteiger partial charge in [-0.05, 0) is 59.2 Å². The summed E-state index contributed by atoms with van der Waals surface area (Å²) >= 11 is 0. The van der Waals surface area contributed by atoms with Crippen LogP contribution in [0.2, 0.25) is 0 Å². The van der Waals surface area contributed by atoms with Gasteiger partial charge in [0.1, 0.15) is 28.2 Å². The lowest BCUT2D eigenvalue weighted by atomic mass is 9.98. The lowest BCUT2D eigenvalue weighted by molar-refractivity contribution is 0.663. The lowest BCUT2D eigenvalue weighted by Gasteiger charge is -2.12. The van der Waals surface area contributed by atoms with E-state index < -0.39 is 0 Å². The molecule has 4 heteroatoms. The van der Waals surface area contributed by atoms with E-state index in [0.29, 0.717) is 0 Å². The van der Waals surface area contributed by atoms with Gasteiger partial charge in [-0.2, -0.15) is 0 Å². The molecule has 7 aromatic carbocycles. The SMILES string of the molecule is c1ccc(-c2ccc(-c3nc4ccccc4n3-c3cccc(-c4cc5c6ccccc6oc5c5c4oc4ccccc45)c3)cc2)cc1. The quantitative estimate of drug-likeness (QED) is 0.201. The number of hydrogen-bond donors (Lipinski definition) is 0. The minimum atomic E-state index is 0.821. The number of para-hydroxylation sites is 4. The van der Waals surface area contributed by atoms with Crippen molar-refractivity contribution in [2.24, 2.45) is 0 Å². The molecule has 0 saturated carbocycles. The maximum atomic E-state index is 6.60. The Hall–Kier alpha value is -6.39. The molecule has 0 amide bonds. The molecule has 10 aromatic rings. The Bertz CT molecular complexity index is 2780. The van der Waals surface area contributed by atoms with Crippen LogP contribution in [-0.2, 0) is 0 Å². The van der Waals surface area contributed by atoms with Crippen molar-refractivity contribution in [2.75, 3.05) is 0 Å². The summed E-state index contributed by atoms with van der Waals surface area (Å²) in [5.41, 5.74) is 11.9. The fraction of sp³-hybridized carbons (Fsp3) is 0. The molecule has 4 nitrogen and oxygen atoms in total. The Kier molecular flexibility index (Phi) is 5.54. The summed E-state index contributed by atoms with van der Waals surface area (Å²) in [5.74, 6) is 0.896. The van der Waals surface area contributed by atoms with Gasteiger partial charge in [0.25, 0.3) is 0 Å². The van der Waals surface area contributed by atoms with Gasteiger partial charge in [-0.15, -0.1) is 0 Å². The molecule has 3 heterocycles. The molecular formula is C43H26N2O2. The summed E-state index contributed by atoms with van der Waals surface area (Å²) in [6, 6.07) is 54.8. The van der Waals surface area contributed by atoms with Crippen LogP contribution in [0.4, 0.5) is 0 Å². The molecular weight excluding hydrogens is 576 g/mol. The van der Waals surface area contributed by atoms with Gasteiger partial charge in [0, 0.05) is 33.0 Å². The third kappa shape index (κ3) is 3.98. The third-order valence-corrected chi connectivity index (χ3v) is 9.22. The van der Waals surface area contributed by atoms with Gasteiger partial charge < -0.3 is 8.83 Å². The first-order chi connectivity index (χ1) is 23.3. The van der Waals surface area contributed by atoms with Crippen LogP contribution in [0.3, 0.4) is 0 Å². The highest BCUT2D eigenvalue weighted by atomic mass is 16.3. The van der Waals surface area contributed by atoms with E-state index >= 15 is 0 Å². The minimum absolute atomic E-state index is 0.821. The molecule has 3 aromatic heterocycles. The fourth-order valence-electron chi connectivity index (χ4n) is 7.02. The molecule has 0 fully saturated rings. The Morgan fingerprint density at radius 2 is 1.09 bits per heavy atom. The van der Waals surface area contributed by atoms with Crippen molar-refractivity contribution >= 4 is 54.9 Å². The van der Waals surface area contributed by atoms with Crippen molar-refractivity contribution in [2.45, 2.75) is 0 Å². The van der Waals surface area contributed by atoms with Gasteiger partial charge in [0.05, 0.1) is 16.4 Å². The van der Waals surface area contributed by atoms with Crippen molar-refractivity contribution in [3.05, 3.63) is 158 Å². The number of aromatic nitrogens is 2. The van der Waals surface area contributed by atoms with E-state index in [-0.39, 0.29) is 0 Å². The third-order valence-electron chi connectivity index (χ3n) is 9.22. The van der Waals surface area contributed by atoms with Crippen LogP contribution in [-0.4, -0.2) is 9.55 Å². The number of rotatable bonds is 4. The van der Waals surface area contributed by atoms with E-state index in [2.05, 4.69) is 126 Å². The summed E-state index contributed by atoms with van der Waals surface area (Å²) in [4.78, 5) is 5.14. The van der Waals surface area contributed by atoms with Crippen LogP contribution in [0.1, 0.15) is 0 Å². The smallest absolute Gasteiger partial charge is 0.147 e. The second-order valence-corrected chi connectivity index (χ2v) is 12.0. The maximum absolute atomic E-state index is 6.60. The van der Waals surface area contributed by atoms with E-state index in [4.69, 9.17) is 13.8 Å². The van der Waals surface area contributed by atoms with E-state index in [0.717, 1.165) is 83.1 Å². The van der Waals surface area contributed by atoms with Gasteiger partial charge in [-0.1, -0.05) is 115 Å². The van der Waals surface area contributed by atoms with Crippen molar-refractivity contribution < 1.29 is 8.83 Å². The van der Waals surface area contributed by atoms with Gasteiger partial charge in [0.2, 0.25) is 0 Å². The van der Waals surface area contributed by atoms with Crippen molar-refractivity contribution in [3.8, 4) is 39.3 Å². The second kappa shape index (κ2) is 10.1. The Morgan fingerprint density at radius 1 is 0.447 bits per heavy atom. The monoisotopic (exact) mass is 602 g/mol. The zero-order chi connectivity index (χ0) is 30.9. The second-order valence-electron chi connectivity index (χ2n) is 12.0. The van der Waals surface area contributed by atoms with Crippen LogP contribution >= 0.6 is 0 Å². The van der Waals surface area contributed by atoms with Gasteiger partial charge >= 0.3 is 0 Å². The van der Waals surface area contributed by atoms with Crippen LogP contribution < -0.4 is 0 Å². The van der Waals surface area contributed by atoms with Gasteiger partial charge in [0.15, 0.2) is 0 Å². The Labute approximate surface area is 269 Å². The summed E-state index contributed by atoms with van der Waals surface area (Å²) in [5, 5.41) is 4.22. The summed E-state index contributed by atoms with van der Waals surface area (Å²) < 4.78 is 15.3. The Balaban J connectivity index is 1.20. The maximum Gasteiger partial charge on any atom is 0.147 e. The molecule has 0 saturated heterocycles. The number of fused-ring (bicyclic) bond motifs is 8. The molecule has 0 bridgehead atoms. The predicted octanol–water partition coefficient (Wildman–Crippen LogP) is 11.8. The number of hydrogen-bond acceptors (Lipinski definition) is 3. The molecule has 220 valence electrons. The van der Waals surface area contributed by atoms with Crippen LogP contribution in [0.25, 0.3) is 94.2 Å². The summed E-state index contributed by atoms with van der Waals surface area (Å²) in [6.07, 6.45) is 0. The Morgan fingerprint density at radius 3 is 1.94 bits per heavy atom. The predicted molar refractivity (Wildman–Crippen MR) is 192 cm³/mol. The zero-order valence-electron chi connectivity index (χ0n) is 25.2. The average Bonchev–Trinajstić information content (AvgIpc) is 3.83. The van der Waals surface area contributed by atoms with Crippen LogP contribution in [0.5, 0.6) is 0 Å². The number of benzene rings is 7. The molecule has 0 atom stereocenters. The largest absolute Gasteiger partial charge is 0.455 e. The standard InChI is InChI=1S/C43H26N2O2/c1-2-11-27(12-3-1)28-21-23-29(24-22-28)43-44-36-17-6-7-18-37(36)45(43)31-14-10-13-30(25-31)34-26-35-32-15-4-8-19-38(32)46-42(35)40-33-16-5-9-20-39(33)47-41(34)40/h1-26H. The first-order valence-corrected chi connectivity index (χ1v) is 15.8. The molecule has 47 heavy (non-hydrogen) atoms. The summed E-state index contributed by atoms with van der Waals surface area (Å²) in [6.45, 7) is 0. The van der Waals surface area contributed by atoms with Crippen molar-refractivity contribution in [3.63, 3.8) is 0 Å². The van der Waals surface area contributed by atoms with E-state index in [9.17, 15) is 0 Å². The molecule has 0 unspecified atom stereocenters. The first-order valence-electron chi connectivity index (χ1n) is 15.8. The van der Waals surface area contributed by atoms with E-state index in [1.54, 1.807) is 0 Å². The minimum Gasteiger partial charge on any atom is -0.455 e. The van der Waals surface area contributed by atoms with E-state index in [1.807, 2.05) is 36.4 Å². The normalized spacial score (nSPS) is 11.8. The molecule has 0 aliphatic carbocycles. The molecule has 0 aliphatic heterocycles. The van der Waals surface area contributed by atoms with Crippen molar-refractivity contribution in [1.82, 2.24) is 9.55 Å². The fourth-order valence-corrected chi connectivity index (χ4v) is 7.02. The zero-order valence-corrected chi connectivity index (χ0v) is 25.2. The molecule has 0 aliphatic rings. The van der Waals surface area contributed by atoms with Crippen LogP contribution in [0.15, 0.2) is 167 Å². The highest BCUT2D eigenvalue weighted by Crippen LogP contribution is 2.44. The van der Waals surface area contributed by atoms with Crippen LogP contribution in [0, 0.1) is 0 Å². The van der Waals surface area contributed by atoms with Gasteiger partial charge in [-0.3, -0.25) is 4.57 Å². The number of imidazole rings is 1. The molecule has 0 radical (unpaired) electrons. The summed E-state index contributed by atoms with van der Waals surface area (Å²) in [7, 11) is 0. The topological polar surface area (TPSA) is 44.1 Å². The number of furan rings is 2. The molecule has 0 N–H and O–H groups in total. The number of nitrogens with zero attached hydrogens (tertiary/aromatic N) is 2. The van der Waals surface area contributed by atoms with Crippen molar-refractivity contribution in [1.29, 1.82) is 0 Å². The van der Waals surface area contributed by atoms with E-state index in [1.165, 1.54) is 11.1 Å². The highest BCUT2D eigenvalue weighted by molar-refractivity contribution is 6.25.